The zero-order valence-corrected chi connectivity index (χ0v) is 11.2. The van der Waals surface area contributed by atoms with Crippen LogP contribution in [0.4, 0.5) is 0 Å². The SMILES string of the molecule is CC(C)(N=[N+]=[N-])c1cnc(Cl)c2cnc(Cl)cc12. The van der Waals surface area contributed by atoms with Gasteiger partial charge in [-0.3, -0.25) is 0 Å². The van der Waals surface area contributed by atoms with Crippen LogP contribution < -0.4 is 0 Å². The fourth-order valence-corrected chi connectivity index (χ4v) is 2.09. The van der Waals surface area contributed by atoms with E-state index >= 15 is 0 Å². The average Bonchev–Trinajstić information content (AvgIpc) is 2.28. The Morgan fingerprint density at radius 3 is 2.61 bits per heavy atom. The molecule has 0 saturated heterocycles. The molecule has 0 aliphatic heterocycles. The van der Waals surface area contributed by atoms with E-state index < -0.39 is 5.54 Å². The summed E-state index contributed by atoms with van der Waals surface area (Å²) >= 11 is 11.9. The van der Waals surface area contributed by atoms with E-state index in [2.05, 4.69) is 20.0 Å². The number of pyridine rings is 2. The van der Waals surface area contributed by atoms with E-state index in [-0.39, 0.29) is 0 Å². The molecular formula is C11H9Cl2N5. The van der Waals surface area contributed by atoms with Crippen molar-refractivity contribution in [3.05, 3.63) is 44.8 Å². The molecule has 0 N–H and O–H groups in total. The van der Waals surface area contributed by atoms with Crippen molar-refractivity contribution in [2.24, 2.45) is 5.11 Å². The van der Waals surface area contributed by atoms with E-state index in [0.29, 0.717) is 15.7 Å². The molecule has 18 heavy (non-hydrogen) atoms. The Hall–Kier alpha value is -1.55. The summed E-state index contributed by atoms with van der Waals surface area (Å²) < 4.78 is 0. The van der Waals surface area contributed by atoms with Crippen molar-refractivity contribution in [1.29, 1.82) is 0 Å². The van der Waals surface area contributed by atoms with Crippen LogP contribution in [0.5, 0.6) is 0 Å². The summed E-state index contributed by atoms with van der Waals surface area (Å²) in [5, 5.41) is 5.93. The van der Waals surface area contributed by atoms with E-state index in [9.17, 15) is 0 Å². The first kappa shape index (κ1) is 12.9. The van der Waals surface area contributed by atoms with Crippen LogP contribution in [0.25, 0.3) is 21.2 Å². The van der Waals surface area contributed by atoms with Crippen LogP contribution in [0.15, 0.2) is 23.6 Å². The van der Waals surface area contributed by atoms with E-state index in [1.807, 2.05) is 0 Å². The summed E-state index contributed by atoms with van der Waals surface area (Å²) in [6.07, 6.45) is 3.15. The molecule has 92 valence electrons. The van der Waals surface area contributed by atoms with Crippen LogP contribution in [0, 0.1) is 0 Å². The Labute approximate surface area is 113 Å². The van der Waals surface area contributed by atoms with Crippen LogP contribution >= 0.6 is 23.2 Å². The first-order chi connectivity index (χ1) is 8.45. The van der Waals surface area contributed by atoms with Crippen LogP contribution in [0.3, 0.4) is 0 Å². The minimum Gasteiger partial charge on any atom is -0.244 e. The van der Waals surface area contributed by atoms with Crippen molar-refractivity contribution in [2.75, 3.05) is 0 Å². The Bertz CT molecular complexity index is 662. The second-order valence-corrected chi connectivity index (χ2v) is 5.01. The second kappa shape index (κ2) is 4.61. The first-order valence-corrected chi connectivity index (χ1v) is 5.88. The third kappa shape index (κ3) is 2.20. The molecule has 0 aromatic carbocycles. The van der Waals surface area contributed by atoms with E-state index in [4.69, 9.17) is 28.7 Å². The van der Waals surface area contributed by atoms with Gasteiger partial charge in [0.15, 0.2) is 0 Å². The van der Waals surface area contributed by atoms with Crippen LogP contribution in [-0.2, 0) is 5.54 Å². The van der Waals surface area contributed by atoms with Crippen LogP contribution in [0.1, 0.15) is 19.4 Å². The molecule has 0 radical (unpaired) electrons. The second-order valence-electron chi connectivity index (χ2n) is 4.26. The van der Waals surface area contributed by atoms with Gasteiger partial charge in [0.25, 0.3) is 0 Å². The lowest BCUT2D eigenvalue weighted by atomic mass is 9.93. The number of aromatic nitrogens is 2. The highest BCUT2D eigenvalue weighted by molar-refractivity contribution is 6.35. The number of hydrogen-bond acceptors (Lipinski definition) is 3. The Morgan fingerprint density at radius 1 is 1.22 bits per heavy atom. The number of rotatable bonds is 2. The van der Waals surface area contributed by atoms with Crippen molar-refractivity contribution >= 4 is 34.0 Å². The topological polar surface area (TPSA) is 74.5 Å². The van der Waals surface area contributed by atoms with Crippen LogP contribution in [-0.4, -0.2) is 9.97 Å². The van der Waals surface area contributed by atoms with Crippen molar-refractivity contribution < 1.29 is 0 Å². The molecule has 0 unspecified atom stereocenters. The van der Waals surface area contributed by atoms with Gasteiger partial charge in [0.1, 0.15) is 10.3 Å². The first-order valence-electron chi connectivity index (χ1n) is 5.12. The predicted octanol–water partition coefficient (Wildman–Crippen LogP) is 4.48. The van der Waals surface area contributed by atoms with Crippen molar-refractivity contribution in [3.8, 4) is 0 Å². The molecule has 0 spiro atoms. The zero-order valence-electron chi connectivity index (χ0n) is 9.72. The molecule has 0 aliphatic rings. The fourth-order valence-electron chi connectivity index (χ4n) is 1.73. The standard InChI is InChI=1S/C11H9Cl2N5/c1-11(2,17-18-14)8-5-16-10(13)7-4-15-9(12)3-6(7)8/h3-5H,1-2H3. The van der Waals surface area contributed by atoms with Gasteiger partial charge in [-0.05, 0) is 22.5 Å². The Kier molecular flexibility index (Phi) is 3.30. The third-order valence-corrected chi connectivity index (χ3v) is 3.15. The predicted molar refractivity (Wildman–Crippen MR) is 71.7 cm³/mol. The molecule has 2 heterocycles. The molecule has 7 heteroatoms. The minimum absolute atomic E-state index is 0.342. The van der Waals surface area contributed by atoms with Crippen molar-refractivity contribution in [2.45, 2.75) is 19.4 Å². The van der Waals surface area contributed by atoms with Crippen molar-refractivity contribution in [1.82, 2.24) is 9.97 Å². The highest BCUT2D eigenvalue weighted by Crippen LogP contribution is 2.34. The maximum Gasteiger partial charge on any atom is 0.138 e. The maximum atomic E-state index is 8.62. The summed E-state index contributed by atoms with van der Waals surface area (Å²) in [6.45, 7) is 3.59. The quantitative estimate of drug-likeness (QED) is 0.352. The lowest BCUT2D eigenvalue weighted by Crippen LogP contribution is -2.14. The normalized spacial score (nSPS) is 11.3. The van der Waals surface area contributed by atoms with Gasteiger partial charge in [0.05, 0.1) is 5.54 Å². The van der Waals surface area contributed by atoms with E-state index in [1.54, 1.807) is 32.3 Å². The van der Waals surface area contributed by atoms with Gasteiger partial charge in [-0.1, -0.05) is 42.2 Å². The molecule has 0 fully saturated rings. The average molecular weight is 282 g/mol. The zero-order chi connectivity index (χ0) is 13.3. The number of hydrogen-bond donors (Lipinski definition) is 0. The molecule has 0 bridgehead atoms. The summed E-state index contributed by atoms with van der Waals surface area (Å²) in [5.41, 5.74) is 8.63. The Morgan fingerprint density at radius 2 is 1.94 bits per heavy atom. The Balaban J connectivity index is 2.84. The smallest absolute Gasteiger partial charge is 0.138 e. The summed E-state index contributed by atoms with van der Waals surface area (Å²) in [7, 11) is 0. The molecule has 0 atom stereocenters. The number of nitrogens with zero attached hydrogens (tertiary/aromatic N) is 5. The van der Waals surface area contributed by atoms with Gasteiger partial charge < -0.3 is 0 Å². The summed E-state index contributed by atoms with van der Waals surface area (Å²) in [6, 6.07) is 1.69. The number of halogens is 2. The van der Waals surface area contributed by atoms with Gasteiger partial charge in [0.2, 0.25) is 0 Å². The lowest BCUT2D eigenvalue weighted by Gasteiger charge is -2.20. The maximum absolute atomic E-state index is 8.62. The molecular weight excluding hydrogens is 273 g/mol. The van der Waals surface area contributed by atoms with Gasteiger partial charge >= 0.3 is 0 Å². The van der Waals surface area contributed by atoms with E-state index in [1.165, 1.54) is 0 Å². The summed E-state index contributed by atoms with van der Waals surface area (Å²) in [4.78, 5) is 10.9. The van der Waals surface area contributed by atoms with Gasteiger partial charge in [-0.15, -0.1) is 0 Å². The molecule has 0 saturated carbocycles. The molecule has 2 rings (SSSR count). The summed E-state index contributed by atoms with van der Waals surface area (Å²) in [5.74, 6) is 0. The molecule has 0 aliphatic carbocycles. The number of azide groups is 1. The molecule has 0 amide bonds. The molecule has 2 aromatic rings. The van der Waals surface area contributed by atoms with Crippen molar-refractivity contribution in [3.63, 3.8) is 0 Å². The van der Waals surface area contributed by atoms with Gasteiger partial charge in [0, 0.05) is 22.7 Å². The molecule has 2 aromatic heterocycles. The highest BCUT2D eigenvalue weighted by atomic mass is 35.5. The lowest BCUT2D eigenvalue weighted by molar-refractivity contribution is 0.553. The minimum atomic E-state index is -0.741. The van der Waals surface area contributed by atoms with E-state index in [0.717, 1.165) is 10.9 Å². The third-order valence-electron chi connectivity index (χ3n) is 2.64. The van der Waals surface area contributed by atoms with Gasteiger partial charge in [-0.25, -0.2) is 9.97 Å². The number of fused-ring (bicyclic) bond motifs is 1. The molecule has 5 nitrogen and oxygen atoms in total. The highest BCUT2D eigenvalue weighted by Gasteiger charge is 2.23. The monoisotopic (exact) mass is 281 g/mol. The largest absolute Gasteiger partial charge is 0.244 e. The fraction of sp³-hybridized carbons (Fsp3) is 0.273. The van der Waals surface area contributed by atoms with Crippen LogP contribution in [0.2, 0.25) is 10.3 Å². The van der Waals surface area contributed by atoms with Gasteiger partial charge in [-0.2, -0.15) is 0 Å².